The maximum Gasteiger partial charge on any atom is 0.302 e. The van der Waals surface area contributed by atoms with Crippen LogP contribution in [0.25, 0.3) is 0 Å². The first-order valence-corrected chi connectivity index (χ1v) is 15.0. The summed E-state index contributed by atoms with van der Waals surface area (Å²) in [5.41, 5.74) is 1.76. The molecular formula is C26H42O3Si. The van der Waals surface area contributed by atoms with E-state index in [4.69, 9.17) is 9.16 Å². The Kier molecular flexibility index (Phi) is 5.79. The molecule has 1 spiro atoms. The molecule has 0 heterocycles. The van der Waals surface area contributed by atoms with E-state index in [0.717, 1.165) is 19.3 Å². The molecule has 4 rings (SSSR count). The molecule has 168 valence electrons. The number of hydrogen-bond donors (Lipinski definition) is 0. The Balaban J connectivity index is 1.72. The van der Waals surface area contributed by atoms with Crippen molar-refractivity contribution >= 4 is 14.3 Å². The summed E-state index contributed by atoms with van der Waals surface area (Å²) in [5.74, 6) is 2.74. The molecule has 0 aromatic rings. The predicted octanol–water partition coefficient (Wildman–Crippen LogP) is 7.01. The van der Waals surface area contributed by atoms with Crippen molar-refractivity contribution in [2.24, 2.45) is 28.6 Å². The molecule has 0 aliphatic heterocycles. The molecule has 3 fully saturated rings. The lowest BCUT2D eigenvalue weighted by Crippen LogP contribution is -2.59. The van der Waals surface area contributed by atoms with Crippen molar-refractivity contribution in [2.45, 2.75) is 104 Å². The third kappa shape index (κ3) is 3.24. The molecule has 0 N–H and O–H groups in total. The highest BCUT2D eigenvalue weighted by Gasteiger charge is 2.66. The SMILES string of the molecule is C=C1C[C@@]23C[C@@H]1CCC2[C@]1(C)CCC=C(O[Si](CC)(CC)CC)C1CC3OC(C)=O. The number of allylic oxidation sites excluding steroid dienone is 3. The second kappa shape index (κ2) is 7.83. The van der Waals surface area contributed by atoms with Gasteiger partial charge in [0.05, 0.1) is 5.76 Å². The Hall–Kier alpha value is -1.03. The van der Waals surface area contributed by atoms with Gasteiger partial charge in [-0.1, -0.05) is 39.8 Å². The van der Waals surface area contributed by atoms with Gasteiger partial charge in [0.1, 0.15) is 6.10 Å². The zero-order valence-electron chi connectivity index (χ0n) is 19.9. The van der Waals surface area contributed by atoms with Crippen LogP contribution in [-0.4, -0.2) is 20.4 Å². The Morgan fingerprint density at radius 3 is 2.57 bits per heavy atom. The van der Waals surface area contributed by atoms with Gasteiger partial charge >= 0.3 is 5.97 Å². The largest absolute Gasteiger partial charge is 0.547 e. The number of esters is 1. The normalized spacial score (nSPS) is 40.3. The fourth-order valence-corrected chi connectivity index (χ4v) is 10.7. The van der Waals surface area contributed by atoms with Gasteiger partial charge in [0, 0.05) is 18.3 Å². The second-order valence-electron chi connectivity index (χ2n) is 11.0. The standard InChI is InChI=1S/C26H42O3Si/c1-7-30(8-2,9-3)29-22-11-10-14-25(6)21(22)15-24(28-19(5)27)26-16-18(4)20(17-26)12-13-23(25)26/h11,20-21,23-24H,4,7-10,12-17H2,1-3,5-6H3/t20-,21?,23?,24?,25+,26+/m0/s1. The summed E-state index contributed by atoms with van der Waals surface area (Å²) in [5, 5.41) is 0. The van der Waals surface area contributed by atoms with E-state index in [1.807, 2.05) is 0 Å². The molecular weight excluding hydrogens is 388 g/mol. The molecule has 6 atom stereocenters. The minimum atomic E-state index is -1.73. The molecule has 3 nitrogen and oxygen atoms in total. The molecule has 4 aliphatic rings. The lowest BCUT2D eigenvalue weighted by molar-refractivity contribution is -0.190. The van der Waals surface area contributed by atoms with Gasteiger partial charge < -0.3 is 9.16 Å². The van der Waals surface area contributed by atoms with Crippen LogP contribution >= 0.6 is 0 Å². The van der Waals surface area contributed by atoms with Gasteiger partial charge in [-0.25, -0.2) is 0 Å². The smallest absolute Gasteiger partial charge is 0.302 e. The highest BCUT2D eigenvalue weighted by molar-refractivity contribution is 6.73. The summed E-state index contributed by atoms with van der Waals surface area (Å²) in [6.07, 6.45) is 10.4. The maximum absolute atomic E-state index is 12.1. The fraction of sp³-hybridized carbons (Fsp3) is 0.808. The molecule has 0 aromatic carbocycles. The topological polar surface area (TPSA) is 35.5 Å². The van der Waals surface area contributed by atoms with Gasteiger partial charge in [0.25, 0.3) is 0 Å². The van der Waals surface area contributed by atoms with E-state index in [9.17, 15) is 4.79 Å². The molecule has 0 radical (unpaired) electrons. The van der Waals surface area contributed by atoms with Crippen LogP contribution in [0, 0.1) is 28.6 Å². The van der Waals surface area contributed by atoms with Crippen molar-refractivity contribution in [3.05, 3.63) is 24.0 Å². The van der Waals surface area contributed by atoms with E-state index in [2.05, 4.69) is 40.3 Å². The van der Waals surface area contributed by atoms with E-state index in [0.29, 0.717) is 17.8 Å². The molecule has 30 heavy (non-hydrogen) atoms. The first kappa shape index (κ1) is 22.2. The van der Waals surface area contributed by atoms with E-state index in [-0.39, 0.29) is 22.9 Å². The lowest BCUT2D eigenvalue weighted by Gasteiger charge is -2.62. The van der Waals surface area contributed by atoms with Crippen LogP contribution in [0.1, 0.15) is 79.6 Å². The van der Waals surface area contributed by atoms with E-state index in [1.165, 1.54) is 55.1 Å². The van der Waals surface area contributed by atoms with Crippen molar-refractivity contribution in [3.63, 3.8) is 0 Å². The first-order chi connectivity index (χ1) is 14.2. The highest BCUT2D eigenvalue weighted by Crippen LogP contribution is 2.70. The Labute approximate surface area is 184 Å². The van der Waals surface area contributed by atoms with Gasteiger partial charge in [0.2, 0.25) is 8.32 Å². The van der Waals surface area contributed by atoms with Crippen molar-refractivity contribution in [2.75, 3.05) is 0 Å². The lowest BCUT2D eigenvalue weighted by atomic mass is 9.45. The fourth-order valence-electron chi connectivity index (χ4n) is 8.04. The number of hydrogen-bond acceptors (Lipinski definition) is 3. The minimum absolute atomic E-state index is 0.00571. The predicted molar refractivity (Wildman–Crippen MR) is 124 cm³/mol. The van der Waals surface area contributed by atoms with Crippen LogP contribution in [0.3, 0.4) is 0 Å². The molecule has 0 aromatic heterocycles. The third-order valence-corrected chi connectivity index (χ3v) is 14.4. The second-order valence-corrected chi connectivity index (χ2v) is 15.7. The van der Waals surface area contributed by atoms with Gasteiger partial charge in [-0.05, 0) is 86.4 Å². The zero-order chi connectivity index (χ0) is 21.7. The molecule has 3 unspecified atom stereocenters. The van der Waals surface area contributed by atoms with Gasteiger partial charge in [0.15, 0.2) is 0 Å². The highest BCUT2D eigenvalue weighted by atomic mass is 28.4. The molecule has 3 saturated carbocycles. The van der Waals surface area contributed by atoms with Crippen LogP contribution in [-0.2, 0) is 14.0 Å². The van der Waals surface area contributed by atoms with Gasteiger partial charge in [-0.3, -0.25) is 4.79 Å². The summed E-state index contributed by atoms with van der Waals surface area (Å²) >= 11 is 0. The van der Waals surface area contributed by atoms with E-state index >= 15 is 0 Å². The van der Waals surface area contributed by atoms with Gasteiger partial charge in [-0.2, -0.15) is 0 Å². The van der Waals surface area contributed by atoms with Crippen LogP contribution in [0.2, 0.25) is 18.1 Å². The minimum Gasteiger partial charge on any atom is -0.547 e. The summed E-state index contributed by atoms with van der Waals surface area (Å²) < 4.78 is 13.2. The van der Waals surface area contributed by atoms with Crippen LogP contribution in [0.5, 0.6) is 0 Å². The Bertz CT molecular complexity index is 730. The monoisotopic (exact) mass is 430 g/mol. The molecule has 4 aliphatic carbocycles. The molecule has 0 saturated heterocycles. The zero-order valence-corrected chi connectivity index (χ0v) is 20.9. The molecule has 2 bridgehead atoms. The number of ether oxygens (including phenoxy) is 1. The van der Waals surface area contributed by atoms with Gasteiger partial charge in [-0.15, -0.1) is 0 Å². The van der Waals surface area contributed by atoms with Crippen LogP contribution < -0.4 is 0 Å². The van der Waals surface area contributed by atoms with Crippen molar-refractivity contribution in [1.29, 1.82) is 0 Å². The average Bonchev–Trinajstić information content (AvgIpc) is 2.96. The van der Waals surface area contributed by atoms with E-state index < -0.39 is 8.32 Å². The summed E-state index contributed by atoms with van der Waals surface area (Å²) in [4.78, 5) is 12.1. The number of carbonyl (C=O) groups excluding carboxylic acids is 1. The van der Waals surface area contributed by atoms with Crippen LogP contribution in [0.15, 0.2) is 24.0 Å². The maximum atomic E-state index is 12.1. The number of fused-ring (bicyclic) bond motifs is 3. The van der Waals surface area contributed by atoms with Crippen molar-refractivity contribution < 1.29 is 14.0 Å². The summed E-state index contributed by atoms with van der Waals surface area (Å²) in [6, 6.07) is 3.51. The molecule has 0 amide bonds. The number of rotatable bonds is 6. The Morgan fingerprint density at radius 1 is 1.23 bits per heavy atom. The van der Waals surface area contributed by atoms with Crippen molar-refractivity contribution in [3.8, 4) is 0 Å². The summed E-state index contributed by atoms with van der Waals surface area (Å²) in [7, 11) is -1.73. The van der Waals surface area contributed by atoms with Crippen molar-refractivity contribution in [1.82, 2.24) is 0 Å². The Morgan fingerprint density at radius 2 is 1.93 bits per heavy atom. The summed E-state index contributed by atoms with van der Waals surface area (Å²) in [6.45, 7) is 15.5. The van der Waals surface area contributed by atoms with E-state index in [1.54, 1.807) is 6.92 Å². The third-order valence-electron chi connectivity index (χ3n) is 9.89. The average molecular weight is 431 g/mol. The molecule has 4 heteroatoms. The number of carbonyl (C=O) groups is 1. The quantitative estimate of drug-likeness (QED) is 0.258. The first-order valence-electron chi connectivity index (χ1n) is 12.5. The van der Waals surface area contributed by atoms with Crippen LogP contribution in [0.4, 0.5) is 0 Å².